The van der Waals surface area contributed by atoms with Gasteiger partial charge in [-0.3, -0.25) is 9.36 Å². The van der Waals surface area contributed by atoms with Crippen molar-refractivity contribution < 1.29 is 18.3 Å². The van der Waals surface area contributed by atoms with Crippen molar-refractivity contribution in [3.8, 4) is 22.9 Å². The Morgan fingerprint density at radius 2 is 1.96 bits per heavy atom. The summed E-state index contributed by atoms with van der Waals surface area (Å²) in [7, 11) is 0. The van der Waals surface area contributed by atoms with E-state index in [2.05, 4.69) is 4.98 Å². The van der Waals surface area contributed by atoms with Crippen LogP contribution in [0.15, 0.2) is 59.5 Å². The first-order chi connectivity index (χ1) is 12.6. The molecule has 1 unspecified atom stereocenters. The Kier molecular flexibility index (Phi) is 4.12. The second kappa shape index (κ2) is 6.59. The maximum absolute atomic E-state index is 13.8. The maximum atomic E-state index is 13.8. The number of rotatable bonds is 4. The van der Waals surface area contributed by atoms with Crippen LogP contribution in [0.25, 0.3) is 11.1 Å². The molecule has 0 amide bonds. The van der Waals surface area contributed by atoms with Gasteiger partial charge in [-0.1, -0.05) is 24.3 Å². The highest BCUT2D eigenvalue weighted by molar-refractivity contribution is 5.64. The summed E-state index contributed by atoms with van der Waals surface area (Å²) in [6.07, 6.45) is 1.37. The van der Waals surface area contributed by atoms with E-state index >= 15 is 0 Å². The van der Waals surface area contributed by atoms with Crippen LogP contribution < -0.4 is 15.0 Å². The van der Waals surface area contributed by atoms with Gasteiger partial charge in [-0.15, -0.1) is 0 Å². The Labute approximate surface area is 147 Å². The Bertz CT molecular complexity index is 1000. The first-order valence-electron chi connectivity index (χ1n) is 8.01. The Morgan fingerprint density at radius 1 is 1.15 bits per heavy atom. The standard InChI is InChI=1S/C19H14F2N2O3/c20-16-3-1-2-15(18(16)21)12-4-6-13(7-5-12)25-11-14-10-23-9-8-17(24)22-19(23)26-14/h1-9,14H,10-11H2. The average Bonchev–Trinajstić information content (AvgIpc) is 3.05. The second-order valence-corrected chi connectivity index (χ2v) is 5.88. The third kappa shape index (κ3) is 3.15. The third-order valence-electron chi connectivity index (χ3n) is 4.07. The van der Waals surface area contributed by atoms with Crippen LogP contribution in [0.2, 0.25) is 0 Å². The van der Waals surface area contributed by atoms with Gasteiger partial charge >= 0.3 is 0 Å². The predicted molar refractivity (Wildman–Crippen MR) is 90.2 cm³/mol. The summed E-state index contributed by atoms with van der Waals surface area (Å²) in [5, 5.41) is 0. The fraction of sp³-hybridized carbons (Fsp3) is 0.158. The molecule has 4 rings (SSSR count). The molecule has 1 aromatic heterocycles. The van der Waals surface area contributed by atoms with Crippen molar-refractivity contribution in [3.05, 3.63) is 76.7 Å². The lowest BCUT2D eigenvalue weighted by Crippen LogP contribution is -2.23. The predicted octanol–water partition coefficient (Wildman–Crippen LogP) is 3.03. The molecule has 5 nitrogen and oxygen atoms in total. The van der Waals surface area contributed by atoms with Gasteiger partial charge in [0.05, 0.1) is 6.54 Å². The first kappa shape index (κ1) is 16.3. The lowest BCUT2D eigenvalue weighted by Gasteiger charge is -2.11. The molecule has 0 saturated carbocycles. The summed E-state index contributed by atoms with van der Waals surface area (Å²) < 4.78 is 40.2. The van der Waals surface area contributed by atoms with Crippen LogP contribution in [0.5, 0.6) is 11.8 Å². The zero-order chi connectivity index (χ0) is 18.1. The van der Waals surface area contributed by atoms with E-state index in [0.717, 1.165) is 6.07 Å². The van der Waals surface area contributed by atoms with E-state index in [0.29, 0.717) is 17.9 Å². The van der Waals surface area contributed by atoms with Gasteiger partial charge in [0.2, 0.25) is 0 Å². The normalized spacial score (nSPS) is 15.4. The molecule has 132 valence electrons. The van der Waals surface area contributed by atoms with E-state index in [1.54, 1.807) is 35.0 Å². The van der Waals surface area contributed by atoms with Crippen molar-refractivity contribution >= 4 is 0 Å². The molecule has 0 aliphatic carbocycles. The highest BCUT2D eigenvalue weighted by Crippen LogP contribution is 2.26. The summed E-state index contributed by atoms with van der Waals surface area (Å²) in [4.78, 5) is 15.0. The summed E-state index contributed by atoms with van der Waals surface area (Å²) >= 11 is 0. The van der Waals surface area contributed by atoms with Crippen LogP contribution in [0.1, 0.15) is 0 Å². The monoisotopic (exact) mass is 356 g/mol. The van der Waals surface area contributed by atoms with Gasteiger partial charge in [-0.05, 0) is 23.8 Å². The zero-order valence-electron chi connectivity index (χ0n) is 13.6. The average molecular weight is 356 g/mol. The van der Waals surface area contributed by atoms with Gasteiger partial charge in [-0.25, -0.2) is 8.78 Å². The van der Waals surface area contributed by atoms with Gasteiger partial charge in [0, 0.05) is 17.8 Å². The van der Waals surface area contributed by atoms with Gasteiger partial charge in [-0.2, -0.15) is 4.98 Å². The largest absolute Gasteiger partial charge is 0.490 e. The van der Waals surface area contributed by atoms with Crippen molar-refractivity contribution in [2.24, 2.45) is 0 Å². The number of hydrogen-bond acceptors (Lipinski definition) is 4. The number of fused-ring (bicyclic) bond motifs is 1. The van der Waals surface area contributed by atoms with Gasteiger partial charge in [0.25, 0.3) is 11.6 Å². The number of nitrogens with zero attached hydrogens (tertiary/aromatic N) is 2. The Morgan fingerprint density at radius 3 is 2.77 bits per heavy atom. The molecule has 7 heteroatoms. The second-order valence-electron chi connectivity index (χ2n) is 5.88. The molecule has 1 aliphatic heterocycles. The van der Waals surface area contributed by atoms with Crippen molar-refractivity contribution in [3.63, 3.8) is 0 Å². The fourth-order valence-corrected chi connectivity index (χ4v) is 2.79. The summed E-state index contributed by atoms with van der Waals surface area (Å²) in [5.74, 6) is -1.18. The van der Waals surface area contributed by atoms with Crippen molar-refractivity contribution in [1.82, 2.24) is 9.55 Å². The maximum Gasteiger partial charge on any atom is 0.300 e. The quantitative estimate of drug-likeness (QED) is 0.721. The number of halogens is 2. The Hall–Kier alpha value is -3.22. The van der Waals surface area contributed by atoms with E-state index in [1.165, 1.54) is 18.2 Å². The molecule has 0 spiro atoms. The topological polar surface area (TPSA) is 53.4 Å². The Balaban J connectivity index is 1.41. The molecule has 1 aliphatic rings. The summed E-state index contributed by atoms with van der Waals surface area (Å²) in [6.45, 7) is 0.806. The molecule has 0 N–H and O–H groups in total. The van der Waals surface area contributed by atoms with Crippen LogP contribution in [-0.2, 0) is 6.54 Å². The van der Waals surface area contributed by atoms with Crippen LogP contribution in [-0.4, -0.2) is 22.3 Å². The SMILES string of the molecule is O=c1ccn2c(n1)OC(COc1ccc(-c3cccc(F)c3F)cc1)C2. The van der Waals surface area contributed by atoms with E-state index in [1.807, 2.05) is 0 Å². The molecule has 0 fully saturated rings. The summed E-state index contributed by atoms with van der Waals surface area (Å²) in [5.41, 5.74) is 0.404. The zero-order valence-corrected chi connectivity index (χ0v) is 13.6. The number of hydrogen-bond donors (Lipinski definition) is 0. The van der Waals surface area contributed by atoms with Crippen LogP contribution >= 0.6 is 0 Å². The van der Waals surface area contributed by atoms with Gasteiger partial charge in [0.15, 0.2) is 17.7 Å². The molecule has 2 heterocycles. The minimum Gasteiger partial charge on any atom is -0.490 e. The molecule has 2 aromatic carbocycles. The third-order valence-corrected chi connectivity index (χ3v) is 4.07. The van der Waals surface area contributed by atoms with Gasteiger partial charge in [0.1, 0.15) is 12.4 Å². The molecule has 0 bridgehead atoms. The van der Waals surface area contributed by atoms with Crippen molar-refractivity contribution in [2.75, 3.05) is 6.61 Å². The smallest absolute Gasteiger partial charge is 0.300 e. The number of ether oxygens (including phenoxy) is 2. The number of aromatic nitrogens is 2. The number of benzene rings is 2. The highest BCUT2D eigenvalue weighted by atomic mass is 19.2. The van der Waals surface area contributed by atoms with E-state index < -0.39 is 11.6 Å². The van der Waals surface area contributed by atoms with Crippen LogP contribution in [0, 0.1) is 11.6 Å². The lowest BCUT2D eigenvalue weighted by atomic mass is 10.0. The fourth-order valence-electron chi connectivity index (χ4n) is 2.79. The molecular formula is C19H14F2N2O3. The minimum atomic E-state index is -0.881. The van der Waals surface area contributed by atoms with E-state index in [9.17, 15) is 13.6 Å². The van der Waals surface area contributed by atoms with E-state index in [-0.39, 0.29) is 29.8 Å². The lowest BCUT2D eigenvalue weighted by molar-refractivity contribution is 0.143. The van der Waals surface area contributed by atoms with Crippen LogP contribution in [0.4, 0.5) is 8.78 Å². The first-order valence-corrected chi connectivity index (χ1v) is 8.01. The van der Waals surface area contributed by atoms with Gasteiger partial charge < -0.3 is 9.47 Å². The van der Waals surface area contributed by atoms with E-state index in [4.69, 9.17) is 9.47 Å². The molecular weight excluding hydrogens is 342 g/mol. The van der Waals surface area contributed by atoms with Crippen LogP contribution in [0.3, 0.4) is 0 Å². The highest BCUT2D eigenvalue weighted by Gasteiger charge is 2.23. The molecule has 0 radical (unpaired) electrons. The minimum absolute atomic E-state index is 0.196. The van der Waals surface area contributed by atoms with Crippen molar-refractivity contribution in [1.29, 1.82) is 0 Å². The van der Waals surface area contributed by atoms with Crippen molar-refractivity contribution in [2.45, 2.75) is 12.6 Å². The summed E-state index contributed by atoms with van der Waals surface area (Å²) in [6, 6.07) is 12.4. The molecule has 0 saturated heterocycles. The molecule has 1 atom stereocenters. The molecule has 26 heavy (non-hydrogen) atoms. The molecule has 3 aromatic rings.